The number of carbonyl (C=O) groups excluding carboxylic acids is 1. The van der Waals surface area contributed by atoms with Crippen LogP contribution in [-0.2, 0) is 9.53 Å². The molecule has 1 aromatic heterocycles. The van der Waals surface area contributed by atoms with Gasteiger partial charge in [0.1, 0.15) is 0 Å². The second kappa shape index (κ2) is 5.69. The standard InChI is InChI=1S/C15H16N2O3/c1-10-4-6-12(7-5-10)13-8-9-14(18)17(16-13)11(2)15(19)20-3/h4-9,11H,1-3H3/t11-/m0/s1. The highest BCUT2D eigenvalue weighted by molar-refractivity contribution is 5.73. The highest BCUT2D eigenvalue weighted by Crippen LogP contribution is 2.16. The number of benzene rings is 1. The Hall–Kier alpha value is -2.43. The predicted octanol–water partition coefficient (Wildman–Crippen LogP) is 1.95. The number of aromatic nitrogens is 2. The first kappa shape index (κ1) is 14.0. The maximum Gasteiger partial charge on any atom is 0.330 e. The van der Waals surface area contributed by atoms with Gasteiger partial charge in [-0.3, -0.25) is 4.79 Å². The molecule has 20 heavy (non-hydrogen) atoms. The lowest BCUT2D eigenvalue weighted by Gasteiger charge is -2.12. The van der Waals surface area contributed by atoms with Crippen LogP contribution in [-0.4, -0.2) is 22.9 Å². The monoisotopic (exact) mass is 272 g/mol. The van der Waals surface area contributed by atoms with Gasteiger partial charge < -0.3 is 4.74 Å². The van der Waals surface area contributed by atoms with Crippen molar-refractivity contribution in [2.75, 3.05) is 7.11 Å². The van der Waals surface area contributed by atoms with E-state index in [1.54, 1.807) is 13.0 Å². The van der Waals surface area contributed by atoms with Crippen LogP contribution in [0.15, 0.2) is 41.2 Å². The second-order valence-corrected chi connectivity index (χ2v) is 4.57. The lowest BCUT2D eigenvalue weighted by molar-refractivity contribution is -0.144. The van der Waals surface area contributed by atoms with Crippen LogP contribution in [0.25, 0.3) is 11.3 Å². The van der Waals surface area contributed by atoms with Crippen molar-refractivity contribution >= 4 is 5.97 Å². The van der Waals surface area contributed by atoms with Gasteiger partial charge in [0.05, 0.1) is 12.8 Å². The average molecular weight is 272 g/mol. The predicted molar refractivity (Wildman–Crippen MR) is 75.4 cm³/mol. The first-order valence-electron chi connectivity index (χ1n) is 6.27. The largest absolute Gasteiger partial charge is 0.467 e. The van der Waals surface area contributed by atoms with Gasteiger partial charge in [0.2, 0.25) is 0 Å². The van der Waals surface area contributed by atoms with E-state index in [0.717, 1.165) is 15.8 Å². The summed E-state index contributed by atoms with van der Waals surface area (Å²) < 4.78 is 5.78. The molecule has 0 radical (unpaired) electrons. The summed E-state index contributed by atoms with van der Waals surface area (Å²) in [6, 6.07) is 10.1. The first-order valence-corrected chi connectivity index (χ1v) is 6.27. The third-order valence-electron chi connectivity index (χ3n) is 3.08. The Morgan fingerprint density at radius 2 is 1.85 bits per heavy atom. The van der Waals surface area contributed by atoms with Crippen molar-refractivity contribution in [3.8, 4) is 11.3 Å². The van der Waals surface area contributed by atoms with Gasteiger partial charge in [-0.1, -0.05) is 29.8 Å². The minimum atomic E-state index is -0.752. The number of carbonyl (C=O) groups is 1. The third-order valence-corrected chi connectivity index (χ3v) is 3.08. The Labute approximate surface area is 116 Å². The molecule has 0 fully saturated rings. The SMILES string of the molecule is COC(=O)[C@H](C)n1nc(-c2ccc(C)cc2)ccc1=O. The van der Waals surface area contributed by atoms with Gasteiger partial charge in [-0.2, -0.15) is 5.10 Å². The van der Waals surface area contributed by atoms with Crippen molar-refractivity contribution in [2.45, 2.75) is 19.9 Å². The number of hydrogen-bond donors (Lipinski definition) is 0. The fourth-order valence-corrected chi connectivity index (χ4v) is 1.85. The molecule has 5 heteroatoms. The lowest BCUT2D eigenvalue weighted by atomic mass is 10.1. The van der Waals surface area contributed by atoms with Crippen LogP contribution in [0, 0.1) is 6.92 Å². The molecule has 104 valence electrons. The van der Waals surface area contributed by atoms with Gasteiger partial charge in [-0.25, -0.2) is 9.48 Å². The Bertz CT molecular complexity index is 674. The van der Waals surface area contributed by atoms with Crippen LogP contribution in [0.5, 0.6) is 0 Å². The molecule has 2 aromatic rings. The van der Waals surface area contributed by atoms with Crippen molar-refractivity contribution in [1.29, 1.82) is 0 Å². The molecule has 0 aliphatic rings. The van der Waals surface area contributed by atoms with Crippen LogP contribution in [0.3, 0.4) is 0 Å². The summed E-state index contributed by atoms with van der Waals surface area (Å²) in [6.45, 7) is 3.58. The van der Waals surface area contributed by atoms with Crippen LogP contribution < -0.4 is 5.56 Å². The van der Waals surface area contributed by atoms with Crippen molar-refractivity contribution in [3.05, 3.63) is 52.3 Å². The minimum absolute atomic E-state index is 0.334. The molecule has 0 saturated heterocycles. The van der Waals surface area contributed by atoms with Crippen LogP contribution in [0.2, 0.25) is 0 Å². The summed E-state index contributed by atoms with van der Waals surface area (Å²) >= 11 is 0. The Balaban J connectivity index is 2.45. The number of rotatable bonds is 3. The summed E-state index contributed by atoms with van der Waals surface area (Å²) in [5.41, 5.74) is 2.34. The van der Waals surface area contributed by atoms with E-state index in [9.17, 15) is 9.59 Å². The van der Waals surface area contributed by atoms with Crippen molar-refractivity contribution in [3.63, 3.8) is 0 Å². The maximum atomic E-state index is 11.8. The molecule has 1 aromatic carbocycles. The normalized spacial score (nSPS) is 11.9. The fourth-order valence-electron chi connectivity index (χ4n) is 1.85. The van der Waals surface area contributed by atoms with Crippen LogP contribution in [0.1, 0.15) is 18.5 Å². The molecule has 1 atom stereocenters. The second-order valence-electron chi connectivity index (χ2n) is 4.57. The molecule has 0 spiro atoms. The molecule has 0 aliphatic carbocycles. The topological polar surface area (TPSA) is 61.2 Å². The number of nitrogens with zero attached hydrogens (tertiary/aromatic N) is 2. The molecule has 0 amide bonds. The van der Waals surface area contributed by atoms with Gasteiger partial charge in [0.25, 0.3) is 5.56 Å². The lowest BCUT2D eigenvalue weighted by Crippen LogP contribution is -2.30. The summed E-state index contributed by atoms with van der Waals surface area (Å²) in [5, 5.41) is 4.24. The van der Waals surface area contributed by atoms with E-state index in [2.05, 4.69) is 9.84 Å². The minimum Gasteiger partial charge on any atom is -0.467 e. The molecular formula is C15H16N2O3. The van der Waals surface area contributed by atoms with Gasteiger partial charge >= 0.3 is 5.97 Å². The quantitative estimate of drug-likeness (QED) is 0.801. The van der Waals surface area contributed by atoms with E-state index in [1.807, 2.05) is 31.2 Å². The molecule has 0 bridgehead atoms. The number of ether oxygens (including phenoxy) is 1. The van der Waals surface area contributed by atoms with E-state index in [-0.39, 0.29) is 5.56 Å². The van der Waals surface area contributed by atoms with Crippen molar-refractivity contribution in [2.24, 2.45) is 0 Å². The van der Waals surface area contributed by atoms with Gasteiger partial charge in [0, 0.05) is 11.6 Å². The van der Waals surface area contributed by atoms with E-state index in [1.165, 1.54) is 13.2 Å². The number of hydrogen-bond acceptors (Lipinski definition) is 4. The van der Waals surface area contributed by atoms with Gasteiger partial charge in [0.15, 0.2) is 6.04 Å². The van der Waals surface area contributed by atoms with E-state index in [4.69, 9.17) is 0 Å². The van der Waals surface area contributed by atoms with Crippen LogP contribution >= 0.6 is 0 Å². The zero-order valence-corrected chi connectivity index (χ0v) is 11.7. The molecule has 0 saturated carbocycles. The van der Waals surface area contributed by atoms with Gasteiger partial charge in [-0.15, -0.1) is 0 Å². The molecule has 1 heterocycles. The fraction of sp³-hybridized carbons (Fsp3) is 0.267. The summed E-state index contributed by atoms with van der Waals surface area (Å²) in [6.07, 6.45) is 0. The third kappa shape index (κ3) is 2.77. The van der Waals surface area contributed by atoms with E-state index >= 15 is 0 Å². The Kier molecular flexibility index (Phi) is 3.98. The highest BCUT2D eigenvalue weighted by Gasteiger charge is 2.18. The molecule has 0 unspecified atom stereocenters. The highest BCUT2D eigenvalue weighted by atomic mass is 16.5. The zero-order chi connectivity index (χ0) is 14.7. The Morgan fingerprint density at radius 1 is 1.20 bits per heavy atom. The average Bonchev–Trinajstić information content (AvgIpc) is 2.47. The van der Waals surface area contributed by atoms with Crippen molar-refractivity contribution in [1.82, 2.24) is 9.78 Å². The Morgan fingerprint density at radius 3 is 2.45 bits per heavy atom. The summed E-state index contributed by atoms with van der Waals surface area (Å²) in [5.74, 6) is -0.499. The van der Waals surface area contributed by atoms with Crippen molar-refractivity contribution < 1.29 is 9.53 Å². The molecule has 0 N–H and O–H groups in total. The number of methoxy groups -OCH3 is 1. The molecular weight excluding hydrogens is 256 g/mol. The molecule has 5 nitrogen and oxygen atoms in total. The first-order chi connectivity index (χ1) is 9.52. The summed E-state index contributed by atoms with van der Waals surface area (Å²) in [7, 11) is 1.29. The number of aryl methyl sites for hydroxylation is 1. The van der Waals surface area contributed by atoms with Crippen LogP contribution in [0.4, 0.5) is 0 Å². The molecule has 2 rings (SSSR count). The zero-order valence-electron chi connectivity index (χ0n) is 11.7. The smallest absolute Gasteiger partial charge is 0.330 e. The summed E-state index contributed by atoms with van der Waals surface area (Å²) in [4.78, 5) is 23.3. The van der Waals surface area contributed by atoms with E-state index in [0.29, 0.717) is 5.69 Å². The van der Waals surface area contributed by atoms with Gasteiger partial charge in [-0.05, 0) is 19.9 Å². The van der Waals surface area contributed by atoms with E-state index < -0.39 is 12.0 Å². The number of esters is 1. The molecule has 0 aliphatic heterocycles. The maximum absolute atomic E-state index is 11.8.